The van der Waals surface area contributed by atoms with Gasteiger partial charge in [-0.15, -0.1) is 11.3 Å². The van der Waals surface area contributed by atoms with E-state index in [0.29, 0.717) is 0 Å². The van der Waals surface area contributed by atoms with Crippen LogP contribution in [0.1, 0.15) is 0 Å². The second kappa shape index (κ2) is 10.5. The van der Waals surface area contributed by atoms with Crippen LogP contribution in [0.3, 0.4) is 0 Å². The molecular weight excluding hydrogens is 647 g/mol. The monoisotopic (exact) mass is 675 g/mol. The van der Waals surface area contributed by atoms with E-state index in [2.05, 4.69) is 180 Å². The minimum absolute atomic E-state index is 1.22. The summed E-state index contributed by atoms with van der Waals surface area (Å²) in [5, 5.41) is 15.5. The third kappa shape index (κ3) is 3.82. The fourth-order valence-corrected chi connectivity index (χ4v) is 10.2. The molecule has 0 aliphatic heterocycles. The normalized spacial score (nSPS) is 12.2. The second-order valence-corrected chi connectivity index (χ2v) is 15.1. The van der Waals surface area contributed by atoms with E-state index in [9.17, 15) is 0 Å². The van der Waals surface area contributed by atoms with Crippen molar-refractivity contribution < 1.29 is 0 Å². The molecule has 0 aliphatic rings. The predicted molar refractivity (Wildman–Crippen MR) is 226 cm³/mol. The fourth-order valence-electron chi connectivity index (χ4n) is 9.09. The molecule has 12 rings (SSSR count). The van der Waals surface area contributed by atoms with Crippen LogP contribution in [0.15, 0.2) is 176 Å². The third-order valence-corrected chi connectivity index (χ3v) is 12.4. The summed E-state index contributed by atoms with van der Waals surface area (Å²) >= 11 is 1.90. The molecule has 52 heavy (non-hydrogen) atoms. The van der Waals surface area contributed by atoms with E-state index in [4.69, 9.17) is 0 Å². The van der Waals surface area contributed by atoms with Crippen molar-refractivity contribution in [1.82, 2.24) is 4.40 Å². The quantitative estimate of drug-likeness (QED) is 0.161. The van der Waals surface area contributed by atoms with Crippen molar-refractivity contribution in [2.45, 2.75) is 0 Å². The molecule has 0 radical (unpaired) electrons. The van der Waals surface area contributed by atoms with E-state index in [-0.39, 0.29) is 0 Å². The van der Waals surface area contributed by atoms with Gasteiger partial charge >= 0.3 is 0 Å². The largest absolute Gasteiger partial charge is 0.308 e. The lowest BCUT2D eigenvalue weighted by molar-refractivity contribution is 1.36. The Balaban J connectivity index is 1.18. The van der Waals surface area contributed by atoms with Crippen molar-refractivity contribution in [3.63, 3.8) is 0 Å². The number of rotatable bonds is 2. The molecule has 0 saturated carbocycles. The van der Waals surface area contributed by atoms with Gasteiger partial charge in [0.05, 0.1) is 16.6 Å². The molecule has 0 fully saturated rings. The molecule has 3 aromatic heterocycles. The minimum atomic E-state index is 1.22. The number of nitrogens with zero attached hydrogens (tertiary/aromatic N) is 1. The number of fused-ring (bicyclic) bond motifs is 10. The van der Waals surface area contributed by atoms with Gasteiger partial charge in [0.1, 0.15) is 0 Å². The van der Waals surface area contributed by atoms with E-state index in [1.807, 2.05) is 11.3 Å². The summed E-state index contributed by atoms with van der Waals surface area (Å²) in [5.41, 5.74) is 8.67. The summed E-state index contributed by atoms with van der Waals surface area (Å²) in [6, 6.07) is 65.6. The highest BCUT2D eigenvalue weighted by Crippen LogP contribution is 2.45. The van der Waals surface area contributed by atoms with Gasteiger partial charge in [0.25, 0.3) is 0 Å². The van der Waals surface area contributed by atoms with Crippen molar-refractivity contribution in [2.24, 2.45) is 0 Å². The molecule has 9 aromatic carbocycles. The molecule has 0 unspecified atom stereocenters. The predicted octanol–water partition coefficient (Wildman–Crippen LogP) is 14.6. The van der Waals surface area contributed by atoms with Gasteiger partial charge in [0.15, 0.2) is 0 Å². The van der Waals surface area contributed by atoms with Crippen LogP contribution in [0.25, 0.3) is 113 Å². The average molecular weight is 676 g/mol. The zero-order valence-corrected chi connectivity index (χ0v) is 28.9. The van der Waals surface area contributed by atoms with Crippen LogP contribution in [0.4, 0.5) is 0 Å². The fraction of sp³-hybridized carbons (Fsp3) is 0. The summed E-state index contributed by atoms with van der Waals surface area (Å²) < 4.78 is 5.20. The molecule has 0 bridgehead atoms. The highest BCUT2D eigenvalue weighted by molar-refractivity contribution is 7.26. The van der Waals surface area contributed by atoms with Crippen molar-refractivity contribution in [1.29, 1.82) is 0 Å². The Labute approximate surface area is 303 Å². The first-order valence-electron chi connectivity index (χ1n) is 17.9. The van der Waals surface area contributed by atoms with Crippen LogP contribution in [0, 0.1) is 0 Å². The second-order valence-electron chi connectivity index (χ2n) is 14.0. The Bertz CT molecular complexity index is 3470. The van der Waals surface area contributed by atoms with Gasteiger partial charge in [0, 0.05) is 36.3 Å². The third-order valence-electron chi connectivity index (χ3n) is 11.3. The first kappa shape index (κ1) is 28.2. The Morgan fingerprint density at radius 3 is 1.75 bits per heavy atom. The first-order chi connectivity index (χ1) is 25.8. The van der Waals surface area contributed by atoms with E-state index >= 15 is 0 Å². The number of para-hydroxylation sites is 1. The van der Waals surface area contributed by atoms with E-state index < -0.39 is 0 Å². The van der Waals surface area contributed by atoms with E-state index in [0.717, 1.165) is 0 Å². The molecule has 0 atom stereocenters. The SMILES string of the molecule is c1cc(-c2ccc3c(c2)c2cccc4c5ccccc5c5cccc6sc7cccc(c7c65)n3c42)cc(-c2cc3ccccc3c3ccccc23)c1. The van der Waals surface area contributed by atoms with Crippen molar-refractivity contribution in [3.05, 3.63) is 176 Å². The average Bonchev–Trinajstić information content (AvgIpc) is 3.77. The lowest BCUT2D eigenvalue weighted by Crippen LogP contribution is -1.87. The van der Waals surface area contributed by atoms with Crippen LogP contribution in [-0.2, 0) is 0 Å². The Morgan fingerprint density at radius 2 is 0.904 bits per heavy atom. The molecule has 0 amide bonds. The van der Waals surface area contributed by atoms with E-state index in [1.165, 1.54) is 113 Å². The molecule has 1 nitrogen and oxygen atoms in total. The molecule has 240 valence electrons. The van der Waals surface area contributed by atoms with Crippen molar-refractivity contribution >= 4 is 102 Å². The molecular formula is C50H29NS. The molecule has 0 N–H and O–H groups in total. The molecule has 2 heteroatoms. The molecule has 0 spiro atoms. The summed E-state index contributed by atoms with van der Waals surface area (Å²) in [5.74, 6) is 0. The highest BCUT2D eigenvalue weighted by atomic mass is 32.1. The molecule has 0 aliphatic carbocycles. The van der Waals surface area contributed by atoms with Gasteiger partial charge in [-0.3, -0.25) is 0 Å². The topological polar surface area (TPSA) is 4.41 Å². The van der Waals surface area contributed by atoms with Gasteiger partial charge in [-0.1, -0.05) is 133 Å². The maximum Gasteiger partial charge on any atom is 0.0619 e. The smallest absolute Gasteiger partial charge is 0.0619 e. The lowest BCUT2D eigenvalue weighted by Gasteiger charge is -2.12. The number of hydrogen-bond acceptors (Lipinski definition) is 1. The van der Waals surface area contributed by atoms with Gasteiger partial charge < -0.3 is 4.40 Å². The van der Waals surface area contributed by atoms with Gasteiger partial charge in [-0.05, 0) is 102 Å². The Hall–Kier alpha value is -6.48. The Kier molecular flexibility index (Phi) is 5.71. The molecule has 3 heterocycles. The summed E-state index contributed by atoms with van der Waals surface area (Å²) in [4.78, 5) is 0. The zero-order chi connectivity index (χ0) is 33.9. The first-order valence-corrected chi connectivity index (χ1v) is 18.7. The Morgan fingerprint density at radius 1 is 0.327 bits per heavy atom. The van der Waals surface area contributed by atoms with Crippen LogP contribution in [0.2, 0.25) is 0 Å². The number of thiophene rings is 1. The molecule has 12 aromatic rings. The zero-order valence-electron chi connectivity index (χ0n) is 28.1. The van der Waals surface area contributed by atoms with Gasteiger partial charge in [-0.25, -0.2) is 0 Å². The maximum atomic E-state index is 2.55. The van der Waals surface area contributed by atoms with Crippen LogP contribution in [-0.4, -0.2) is 4.40 Å². The van der Waals surface area contributed by atoms with Crippen LogP contribution < -0.4 is 0 Å². The van der Waals surface area contributed by atoms with Crippen LogP contribution in [0.5, 0.6) is 0 Å². The summed E-state index contributed by atoms with van der Waals surface area (Å²) in [6.45, 7) is 0. The summed E-state index contributed by atoms with van der Waals surface area (Å²) in [6.07, 6.45) is 0. The van der Waals surface area contributed by atoms with E-state index in [1.54, 1.807) is 0 Å². The van der Waals surface area contributed by atoms with Gasteiger partial charge in [-0.2, -0.15) is 0 Å². The molecule has 0 saturated heterocycles. The number of aromatic nitrogens is 1. The minimum Gasteiger partial charge on any atom is -0.308 e. The highest BCUT2D eigenvalue weighted by Gasteiger charge is 2.19. The lowest BCUT2D eigenvalue weighted by atomic mass is 9.91. The van der Waals surface area contributed by atoms with Crippen LogP contribution >= 0.6 is 11.3 Å². The van der Waals surface area contributed by atoms with Crippen molar-refractivity contribution in [2.75, 3.05) is 0 Å². The van der Waals surface area contributed by atoms with Crippen molar-refractivity contribution in [3.8, 4) is 22.3 Å². The summed E-state index contributed by atoms with van der Waals surface area (Å²) in [7, 11) is 0. The number of hydrogen-bond donors (Lipinski definition) is 0. The number of benzene rings is 9. The maximum absolute atomic E-state index is 2.55. The van der Waals surface area contributed by atoms with Gasteiger partial charge in [0.2, 0.25) is 0 Å². The standard InChI is InChI=1S/C50H29NS/c1-2-14-34-33(11-1)29-42(38-18-6-3-15-35(34)38)32-13-7-12-30(27-32)31-25-26-44-43(28-31)41-21-8-20-40-37-17-5-4-16-36(37)39-19-9-23-46-48(39)49-45(51(44)50(40)41)22-10-24-47(49)52-46/h1-29H.